The minimum absolute atomic E-state index is 0.220. The Morgan fingerprint density at radius 2 is 2.15 bits per heavy atom. The molecule has 0 bridgehead atoms. The second-order valence-corrected chi connectivity index (χ2v) is 6.81. The van der Waals surface area contributed by atoms with Crippen LogP contribution in [0, 0.1) is 6.92 Å². The number of rotatable bonds is 5. The fourth-order valence-corrected chi connectivity index (χ4v) is 2.29. The zero-order chi connectivity index (χ0) is 15.3. The van der Waals surface area contributed by atoms with Crippen LogP contribution >= 0.6 is 11.3 Å². The Bertz CT molecular complexity index is 442. The maximum Gasteiger partial charge on any atom is 0.407 e. The summed E-state index contributed by atoms with van der Waals surface area (Å²) in [5.74, 6) is 0. The molecule has 0 spiro atoms. The Kier molecular flexibility index (Phi) is 5.91. The van der Waals surface area contributed by atoms with Crippen molar-refractivity contribution in [1.82, 2.24) is 10.3 Å². The van der Waals surface area contributed by atoms with Gasteiger partial charge in [0.05, 0.1) is 6.10 Å². The van der Waals surface area contributed by atoms with Crippen molar-refractivity contribution in [1.29, 1.82) is 0 Å². The molecular formula is C13H22N2O4S. The molecule has 1 heterocycles. The molecule has 2 unspecified atom stereocenters. The number of amides is 1. The number of nitrogens with one attached hydrogen (secondary N) is 1. The summed E-state index contributed by atoms with van der Waals surface area (Å²) in [4.78, 5) is 16.4. The summed E-state index contributed by atoms with van der Waals surface area (Å²) in [6, 6.07) is 0. The van der Waals surface area contributed by atoms with Gasteiger partial charge in [-0.15, -0.1) is 11.3 Å². The first-order valence-corrected chi connectivity index (χ1v) is 7.26. The number of alkyl carbamates (subject to hydrolysis) is 1. The highest BCUT2D eigenvalue weighted by Gasteiger charge is 2.22. The molecule has 0 saturated carbocycles. The van der Waals surface area contributed by atoms with Gasteiger partial charge in [0.15, 0.2) is 0 Å². The number of hydrogen-bond donors (Lipinski definition) is 3. The van der Waals surface area contributed by atoms with E-state index in [-0.39, 0.29) is 13.0 Å². The molecule has 0 aliphatic heterocycles. The maximum absolute atomic E-state index is 11.4. The summed E-state index contributed by atoms with van der Waals surface area (Å²) in [5.41, 5.74) is -0.555. The first-order chi connectivity index (χ1) is 9.19. The molecule has 1 amide bonds. The van der Waals surface area contributed by atoms with Gasteiger partial charge in [-0.2, -0.15) is 0 Å². The summed E-state index contributed by atoms with van der Waals surface area (Å²) in [7, 11) is 0. The van der Waals surface area contributed by atoms with Gasteiger partial charge in [0.1, 0.15) is 16.7 Å². The number of carbonyl (C=O) groups is 1. The molecule has 3 N–H and O–H groups in total. The number of thiazole rings is 1. The Balaban J connectivity index is 2.33. The second-order valence-electron chi connectivity index (χ2n) is 5.54. The fourth-order valence-electron chi connectivity index (χ4n) is 1.47. The van der Waals surface area contributed by atoms with Crippen LogP contribution in [0.1, 0.15) is 43.2 Å². The van der Waals surface area contributed by atoms with Crippen LogP contribution in [-0.2, 0) is 4.74 Å². The molecule has 0 aromatic carbocycles. The zero-order valence-corrected chi connectivity index (χ0v) is 13.0. The van der Waals surface area contributed by atoms with Gasteiger partial charge in [0.2, 0.25) is 0 Å². The quantitative estimate of drug-likeness (QED) is 0.771. The van der Waals surface area contributed by atoms with Crippen molar-refractivity contribution in [3.8, 4) is 0 Å². The third kappa shape index (κ3) is 5.85. The Morgan fingerprint density at radius 3 is 2.65 bits per heavy atom. The molecule has 0 radical (unpaired) electrons. The predicted molar refractivity (Wildman–Crippen MR) is 76.7 cm³/mol. The first kappa shape index (κ1) is 16.9. The van der Waals surface area contributed by atoms with E-state index in [4.69, 9.17) is 4.74 Å². The second kappa shape index (κ2) is 7.01. The van der Waals surface area contributed by atoms with Crippen molar-refractivity contribution in [3.05, 3.63) is 16.1 Å². The Labute approximate surface area is 122 Å². The molecule has 0 fully saturated rings. The van der Waals surface area contributed by atoms with E-state index in [0.29, 0.717) is 5.01 Å². The number of ether oxygens (including phenoxy) is 1. The molecular weight excluding hydrogens is 280 g/mol. The van der Waals surface area contributed by atoms with Crippen molar-refractivity contribution < 1.29 is 19.7 Å². The highest BCUT2D eigenvalue weighted by Crippen LogP contribution is 2.23. The van der Waals surface area contributed by atoms with E-state index in [1.54, 1.807) is 27.0 Å². The summed E-state index contributed by atoms with van der Waals surface area (Å²) in [6.45, 7) is 7.42. The topological polar surface area (TPSA) is 91.7 Å². The van der Waals surface area contributed by atoms with Gasteiger partial charge in [-0.05, 0) is 34.1 Å². The largest absolute Gasteiger partial charge is 0.444 e. The first-order valence-electron chi connectivity index (χ1n) is 6.44. The molecule has 7 heteroatoms. The van der Waals surface area contributed by atoms with Crippen LogP contribution in [0.2, 0.25) is 0 Å². The van der Waals surface area contributed by atoms with Crippen LogP contribution < -0.4 is 5.32 Å². The zero-order valence-electron chi connectivity index (χ0n) is 12.2. The van der Waals surface area contributed by atoms with Gasteiger partial charge < -0.3 is 20.3 Å². The average Bonchev–Trinajstić information content (AvgIpc) is 2.72. The summed E-state index contributed by atoms with van der Waals surface area (Å²) in [5, 5.41) is 22.8. The number of aliphatic hydroxyl groups is 2. The highest BCUT2D eigenvalue weighted by atomic mass is 32.1. The van der Waals surface area contributed by atoms with Crippen LogP contribution in [0.25, 0.3) is 0 Å². The minimum Gasteiger partial charge on any atom is -0.444 e. The molecule has 1 aromatic heterocycles. The van der Waals surface area contributed by atoms with E-state index < -0.39 is 23.9 Å². The predicted octanol–water partition coefficient (Wildman–Crippen LogP) is 1.76. The number of nitrogens with zero attached hydrogens (tertiary/aromatic N) is 1. The van der Waals surface area contributed by atoms with Crippen LogP contribution in [0.5, 0.6) is 0 Å². The molecule has 0 aliphatic rings. The number of carbonyl (C=O) groups excluding carboxylic acids is 1. The maximum atomic E-state index is 11.4. The molecule has 2 atom stereocenters. The third-order valence-electron chi connectivity index (χ3n) is 2.36. The van der Waals surface area contributed by atoms with E-state index >= 15 is 0 Å². The van der Waals surface area contributed by atoms with E-state index in [9.17, 15) is 15.0 Å². The SMILES string of the molecule is Cc1cnc(C(O)C(O)CCNC(=O)OC(C)(C)C)s1. The van der Waals surface area contributed by atoms with Gasteiger partial charge in [0, 0.05) is 17.6 Å². The smallest absolute Gasteiger partial charge is 0.407 e. The van der Waals surface area contributed by atoms with E-state index in [0.717, 1.165) is 4.88 Å². The number of aryl methyl sites for hydroxylation is 1. The van der Waals surface area contributed by atoms with Crippen molar-refractivity contribution in [2.45, 2.75) is 51.9 Å². The van der Waals surface area contributed by atoms with Gasteiger partial charge in [0.25, 0.3) is 0 Å². The lowest BCUT2D eigenvalue weighted by Gasteiger charge is -2.20. The third-order valence-corrected chi connectivity index (χ3v) is 3.35. The molecule has 1 rings (SSSR count). The minimum atomic E-state index is -1.03. The molecule has 1 aromatic rings. The standard InChI is InChI=1S/C13H22N2O4S/c1-8-7-15-11(20-8)10(17)9(16)5-6-14-12(18)19-13(2,3)4/h7,9-10,16-17H,5-6H2,1-4H3,(H,14,18). The Hall–Kier alpha value is -1.18. The van der Waals surface area contributed by atoms with Crippen LogP contribution in [-0.4, -0.2) is 39.5 Å². The van der Waals surface area contributed by atoms with Crippen molar-refractivity contribution >= 4 is 17.4 Å². The highest BCUT2D eigenvalue weighted by molar-refractivity contribution is 7.11. The normalized spacial score (nSPS) is 14.7. The van der Waals surface area contributed by atoms with Crippen LogP contribution in [0.4, 0.5) is 4.79 Å². The fraction of sp³-hybridized carbons (Fsp3) is 0.692. The molecule has 6 nitrogen and oxygen atoms in total. The summed E-state index contributed by atoms with van der Waals surface area (Å²) in [6.07, 6.45) is -0.678. The van der Waals surface area contributed by atoms with Crippen LogP contribution in [0.3, 0.4) is 0 Å². The lowest BCUT2D eigenvalue weighted by atomic mass is 10.1. The average molecular weight is 302 g/mol. The molecule has 0 aliphatic carbocycles. The van der Waals surface area contributed by atoms with Gasteiger partial charge in [-0.25, -0.2) is 9.78 Å². The molecule has 0 saturated heterocycles. The molecule has 114 valence electrons. The van der Waals surface area contributed by atoms with E-state index in [2.05, 4.69) is 10.3 Å². The van der Waals surface area contributed by atoms with E-state index in [1.165, 1.54) is 11.3 Å². The van der Waals surface area contributed by atoms with Crippen molar-refractivity contribution in [3.63, 3.8) is 0 Å². The van der Waals surface area contributed by atoms with Crippen molar-refractivity contribution in [2.75, 3.05) is 6.54 Å². The number of aliphatic hydroxyl groups excluding tert-OH is 2. The van der Waals surface area contributed by atoms with E-state index in [1.807, 2.05) is 6.92 Å². The van der Waals surface area contributed by atoms with Gasteiger partial charge >= 0.3 is 6.09 Å². The number of hydrogen-bond acceptors (Lipinski definition) is 6. The summed E-state index contributed by atoms with van der Waals surface area (Å²) < 4.78 is 5.06. The molecule has 20 heavy (non-hydrogen) atoms. The lowest BCUT2D eigenvalue weighted by molar-refractivity contribution is 0.0122. The number of aromatic nitrogens is 1. The van der Waals surface area contributed by atoms with Crippen LogP contribution in [0.15, 0.2) is 6.20 Å². The van der Waals surface area contributed by atoms with Gasteiger partial charge in [-0.1, -0.05) is 0 Å². The van der Waals surface area contributed by atoms with Crippen molar-refractivity contribution in [2.24, 2.45) is 0 Å². The monoisotopic (exact) mass is 302 g/mol. The summed E-state index contributed by atoms with van der Waals surface area (Å²) >= 11 is 1.34. The van der Waals surface area contributed by atoms with Gasteiger partial charge in [-0.3, -0.25) is 0 Å². The lowest BCUT2D eigenvalue weighted by Crippen LogP contribution is -2.34. The Morgan fingerprint density at radius 1 is 1.50 bits per heavy atom.